The Morgan fingerprint density at radius 2 is 2.21 bits per heavy atom. The summed E-state index contributed by atoms with van der Waals surface area (Å²) < 4.78 is 2.49. The largest absolute Gasteiger partial charge is 0.543 e. The molecule has 1 heterocycles. The van der Waals surface area contributed by atoms with Crippen LogP contribution in [-0.2, 0) is 7.05 Å². The Kier molecular flexibility index (Phi) is 2.07. The molecular weight excluding hydrogens is 246 g/mol. The van der Waals surface area contributed by atoms with Gasteiger partial charge in [0.25, 0.3) is 0 Å². The first-order valence-electron chi connectivity index (χ1n) is 4.06. The van der Waals surface area contributed by atoms with Gasteiger partial charge in [0.15, 0.2) is 0 Å². The van der Waals surface area contributed by atoms with Crippen LogP contribution in [-0.4, -0.2) is 10.5 Å². The van der Waals surface area contributed by atoms with Crippen LogP contribution >= 0.6 is 15.9 Å². The molecule has 72 valence electrons. The zero-order valence-electron chi connectivity index (χ0n) is 7.45. The van der Waals surface area contributed by atoms with E-state index in [-0.39, 0.29) is 5.69 Å². The average Bonchev–Trinajstić information content (AvgIpc) is 2.46. The number of carboxylic acid groups (broad SMARTS) is 1. The summed E-state index contributed by atoms with van der Waals surface area (Å²) in [6.07, 6.45) is 0. The Morgan fingerprint density at radius 3 is 2.79 bits per heavy atom. The van der Waals surface area contributed by atoms with Crippen LogP contribution < -0.4 is 5.11 Å². The van der Waals surface area contributed by atoms with Crippen molar-refractivity contribution in [2.24, 2.45) is 7.05 Å². The fraction of sp³-hybridized carbons (Fsp3) is 0.100. The molecule has 14 heavy (non-hydrogen) atoms. The summed E-state index contributed by atoms with van der Waals surface area (Å²) in [5.74, 6) is -1.16. The molecule has 0 saturated carbocycles. The summed E-state index contributed by atoms with van der Waals surface area (Å²) in [4.78, 5) is 10.8. The second-order valence-electron chi connectivity index (χ2n) is 3.05. The molecule has 0 saturated heterocycles. The maximum Gasteiger partial charge on any atom is 0.0880 e. The highest BCUT2D eigenvalue weighted by Crippen LogP contribution is 2.26. The molecule has 3 nitrogen and oxygen atoms in total. The van der Waals surface area contributed by atoms with Crippen LogP contribution in [0.4, 0.5) is 0 Å². The van der Waals surface area contributed by atoms with E-state index in [1.165, 1.54) is 0 Å². The van der Waals surface area contributed by atoms with Crippen LogP contribution in [0.1, 0.15) is 10.5 Å². The molecule has 1 aromatic carbocycles. The van der Waals surface area contributed by atoms with Gasteiger partial charge in [-0.05, 0) is 18.2 Å². The predicted octanol–water partition coefficient (Wildman–Crippen LogP) is 1.30. The molecule has 2 aromatic rings. The van der Waals surface area contributed by atoms with Gasteiger partial charge in [-0.1, -0.05) is 22.0 Å². The van der Waals surface area contributed by atoms with Crippen LogP contribution in [0.2, 0.25) is 0 Å². The number of benzene rings is 1. The summed E-state index contributed by atoms with van der Waals surface area (Å²) in [7, 11) is 1.71. The third-order valence-corrected chi connectivity index (χ3v) is 2.93. The van der Waals surface area contributed by atoms with E-state index in [0.717, 1.165) is 15.4 Å². The van der Waals surface area contributed by atoms with Gasteiger partial charge < -0.3 is 14.5 Å². The van der Waals surface area contributed by atoms with Crippen molar-refractivity contribution >= 4 is 32.8 Å². The minimum Gasteiger partial charge on any atom is -0.543 e. The van der Waals surface area contributed by atoms with Crippen LogP contribution in [0.3, 0.4) is 0 Å². The van der Waals surface area contributed by atoms with Crippen molar-refractivity contribution in [2.45, 2.75) is 0 Å². The predicted molar refractivity (Wildman–Crippen MR) is 54.9 cm³/mol. The van der Waals surface area contributed by atoms with Crippen molar-refractivity contribution < 1.29 is 9.90 Å². The number of nitrogens with zero attached hydrogens (tertiary/aromatic N) is 1. The lowest BCUT2D eigenvalue weighted by Gasteiger charge is -2.03. The van der Waals surface area contributed by atoms with E-state index in [0.29, 0.717) is 0 Å². The van der Waals surface area contributed by atoms with Crippen molar-refractivity contribution in [1.82, 2.24) is 4.57 Å². The van der Waals surface area contributed by atoms with E-state index in [1.807, 2.05) is 18.2 Å². The Hall–Kier alpha value is -1.29. The number of aromatic carboxylic acids is 1. The van der Waals surface area contributed by atoms with E-state index in [1.54, 1.807) is 17.7 Å². The summed E-state index contributed by atoms with van der Waals surface area (Å²) in [5.41, 5.74) is 1.06. The van der Waals surface area contributed by atoms with Crippen LogP contribution in [0.15, 0.2) is 28.7 Å². The van der Waals surface area contributed by atoms with Crippen molar-refractivity contribution in [3.63, 3.8) is 0 Å². The lowest BCUT2D eigenvalue weighted by molar-refractivity contribution is -0.255. The first-order valence-corrected chi connectivity index (χ1v) is 4.86. The number of hydrogen-bond donors (Lipinski definition) is 0. The number of carbonyl (C=O) groups is 1. The van der Waals surface area contributed by atoms with Gasteiger partial charge in [0, 0.05) is 22.4 Å². The van der Waals surface area contributed by atoms with Gasteiger partial charge in [-0.2, -0.15) is 0 Å². The van der Waals surface area contributed by atoms with E-state index >= 15 is 0 Å². The molecule has 0 unspecified atom stereocenters. The van der Waals surface area contributed by atoms with E-state index in [9.17, 15) is 9.90 Å². The van der Waals surface area contributed by atoms with E-state index < -0.39 is 5.97 Å². The maximum atomic E-state index is 10.8. The first kappa shape index (κ1) is 9.27. The van der Waals surface area contributed by atoms with Crippen LogP contribution in [0.5, 0.6) is 0 Å². The first-order chi connectivity index (χ1) is 6.61. The molecule has 0 radical (unpaired) electrons. The van der Waals surface area contributed by atoms with Gasteiger partial charge in [0.2, 0.25) is 0 Å². The maximum absolute atomic E-state index is 10.8. The zero-order chi connectivity index (χ0) is 10.3. The summed E-state index contributed by atoms with van der Waals surface area (Å²) in [6.45, 7) is 0. The van der Waals surface area contributed by atoms with Crippen LogP contribution in [0, 0.1) is 0 Å². The Labute approximate surface area is 89.1 Å². The molecule has 0 atom stereocenters. The molecule has 1 aromatic heterocycles. The van der Waals surface area contributed by atoms with E-state index in [2.05, 4.69) is 15.9 Å². The van der Waals surface area contributed by atoms with Gasteiger partial charge in [-0.25, -0.2) is 0 Å². The average molecular weight is 253 g/mol. The van der Waals surface area contributed by atoms with Crippen molar-refractivity contribution in [3.8, 4) is 0 Å². The summed E-state index contributed by atoms with van der Waals surface area (Å²) >= 11 is 3.37. The second kappa shape index (κ2) is 3.13. The fourth-order valence-corrected chi connectivity index (χ4v) is 1.99. The third kappa shape index (κ3) is 1.23. The van der Waals surface area contributed by atoms with Gasteiger partial charge in [0.1, 0.15) is 0 Å². The lowest BCUT2D eigenvalue weighted by atomic mass is 10.2. The van der Waals surface area contributed by atoms with Crippen molar-refractivity contribution in [1.29, 1.82) is 0 Å². The number of hydrogen-bond acceptors (Lipinski definition) is 2. The molecule has 2 rings (SSSR count). The van der Waals surface area contributed by atoms with Gasteiger partial charge in [0.05, 0.1) is 11.7 Å². The monoisotopic (exact) mass is 252 g/mol. The molecule has 0 aliphatic heterocycles. The molecule has 0 bridgehead atoms. The molecular formula is C10H7BrNO2-. The molecule has 0 aliphatic rings. The molecule has 0 N–H and O–H groups in total. The normalized spacial score (nSPS) is 10.7. The molecule has 0 fully saturated rings. The molecule has 0 spiro atoms. The van der Waals surface area contributed by atoms with Gasteiger partial charge >= 0.3 is 0 Å². The molecule has 0 aliphatic carbocycles. The fourth-order valence-electron chi connectivity index (χ4n) is 1.52. The number of aryl methyl sites for hydroxylation is 1. The highest BCUT2D eigenvalue weighted by atomic mass is 79.9. The Bertz CT molecular complexity index is 516. The number of halogens is 1. The Balaban J connectivity index is 2.86. The second-order valence-corrected chi connectivity index (χ2v) is 3.90. The Morgan fingerprint density at radius 1 is 1.50 bits per heavy atom. The number of rotatable bonds is 1. The SMILES string of the molecule is Cn1c(C(=O)[O-])cc2c(Br)cccc21. The zero-order valence-corrected chi connectivity index (χ0v) is 9.04. The van der Waals surface area contributed by atoms with E-state index in [4.69, 9.17) is 0 Å². The number of carbonyl (C=O) groups excluding carboxylic acids is 1. The number of fused-ring (bicyclic) bond motifs is 1. The smallest absolute Gasteiger partial charge is 0.0880 e. The standard InChI is InChI=1S/C10H8BrNO2/c1-12-8-4-2-3-7(11)6(8)5-9(12)10(13)14/h2-5H,1H3,(H,13,14)/p-1. The van der Waals surface area contributed by atoms with Crippen LogP contribution in [0.25, 0.3) is 10.9 Å². The third-order valence-electron chi connectivity index (χ3n) is 2.24. The topological polar surface area (TPSA) is 45.1 Å². The van der Waals surface area contributed by atoms with Gasteiger partial charge in [-0.15, -0.1) is 0 Å². The molecule has 4 heteroatoms. The van der Waals surface area contributed by atoms with Crippen molar-refractivity contribution in [2.75, 3.05) is 0 Å². The van der Waals surface area contributed by atoms with Gasteiger partial charge in [-0.3, -0.25) is 0 Å². The summed E-state index contributed by atoms with van der Waals surface area (Å²) in [6, 6.07) is 7.22. The molecule has 0 amide bonds. The van der Waals surface area contributed by atoms with Crippen molar-refractivity contribution in [3.05, 3.63) is 34.4 Å². The lowest BCUT2D eigenvalue weighted by Crippen LogP contribution is -2.24. The highest BCUT2D eigenvalue weighted by Gasteiger charge is 2.07. The minimum atomic E-state index is -1.16. The minimum absolute atomic E-state index is 0.187. The number of carboxylic acids is 1. The highest BCUT2D eigenvalue weighted by molar-refractivity contribution is 9.10. The number of aromatic nitrogens is 1. The quantitative estimate of drug-likeness (QED) is 0.769. The summed E-state index contributed by atoms with van der Waals surface area (Å²) in [5, 5.41) is 11.6.